The number of hydrogen-bond acceptors (Lipinski definition) is 12. The molecule has 216 valence electrons. The predicted molar refractivity (Wildman–Crippen MR) is 133 cm³/mol. The number of carboxylic acid groups (broad SMARTS) is 3. The summed E-state index contributed by atoms with van der Waals surface area (Å²) in [5.41, 5.74) is 0. The maximum Gasteiger partial charge on any atom is 0.0791 e. The van der Waals surface area contributed by atoms with Gasteiger partial charge in [-0.15, -0.1) is 0 Å². The lowest BCUT2D eigenvalue weighted by Gasteiger charge is -2.35. The Bertz CT molecular complexity index is 646. The van der Waals surface area contributed by atoms with E-state index in [1.807, 2.05) is 4.90 Å². The molecule has 2 fully saturated rings. The van der Waals surface area contributed by atoms with Crippen LogP contribution in [0.2, 0.25) is 0 Å². The van der Waals surface area contributed by atoms with Gasteiger partial charge in [0.15, 0.2) is 0 Å². The van der Waals surface area contributed by atoms with Gasteiger partial charge in [-0.2, -0.15) is 0 Å². The minimum absolute atomic E-state index is 0. The van der Waals surface area contributed by atoms with Gasteiger partial charge in [0, 0.05) is 85.1 Å². The molecule has 1 atom stereocenters. The number of β-amino-alcohol motifs (C(OH)–C–C–N with tert-alkyl or cyclic N) is 1. The normalized spacial score (nSPS) is 21.3. The van der Waals surface area contributed by atoms with Crippen LogP contribution < -0.4 is 20.6 Å². The van der Waals surface area contributed by atoms with E-state index in [4.69, 9.17) is 0 Å². The van der Waals surface area contributed by atoms with Crippen LogP contribution in [0.3, 0.4) is 0 Å². The topological polar surface area (TPSA) is 166 Å². The molecule has 12 heteroatoms. The van der Waals surface area contributed by atoms with Crippen LogP contribution in [0.5, 0.6) is 0 Å². The van der Waals surface area contributed by atoms with E-state index in [1.54, 1.807) is 14.7 Å². The fourth-order valence-electron chi connectivity index (χ4n) is 4.99. The third-order valence-corrected chi connectivity index (χ3v) is 6.99. The zero-order chi connectivity index (χ0) is 26.3. The fraction of sp³-hybridized carbons (Fsp3) is 0.880. The van der Waals surface area contributed by atoms with E-state index in [-0.39, 0.29) is 40.2 Å². The Morgan fingerprint density at radius 1 is 0.703 bits per heavy atom. The number of rotatable bonds is 12. The molecule has 0 aromatic carbocycles. The Labute approximate surface area is 221 Å². The van der Waals surface area contributed by atoms with Crippen LogP contribution >= 0.6 is 0 Å². The first kappa shape index (κ1) is 33.2. The molecule has 2 rings (SSSR count). The molecule has 1 aliphatic carbocycles. The first-order valence-corrected chi connectivity index (χ1v) is 13.1. The molecular weight excluding hydrogens is 482 g/mol. The quantitative estimate of drug-likeness (QED) is 0.250. The fourth-order valence-corrected chi connectivity index (χ4v) is 4.99. The summed E-state index contributed by atoms with van der Waals surface area (Å²) in [7, 11) is 0. The van der Waals surface area contributed by atoms with Crippen molar-refractivity contribution in [3.05, 3.63) is 0 Å². The van der Waals surface area contributed by atoms with E-state index >= 15 is 0 Å². The van der Waals surface area contributed by atoms with Gasteiger partial charge in [-0.3, -0.25) is 19.6 Å². The monoisotopic (exact) mass is 528 g/mol. The predicted octanol–water partition coefficient (Wildman–Crippen LogP) is -4.38. The molecule has 1 heterocycles. The van der Waals surface area contributed by atoms with E-state index in [0.717, 1.165) is 6.54 Å². The van der Waals surface area contributed by atoms with Crippen molar-refractivity contribution in [1.29, 1.82) is 0 Å². The Balaban J connectivity index is 0.00000684. The minimum atomic E-state index is -1.25. The van der Waals surface area contributed by atoms with Gasteiger partial charge in [0.25, 0.3) is 0 Å². The number of hydrogen-bond donors (Lipinski definition) is 2. The zero-order valence-electron chi connectivity index (χ0n) is 21.3. The first-order chi connectivity index (χ1) is 17.2. The number of aliphatic carboxylic acids is 3. The van der Waals surface area contributed by atoms with E-state index in [0.29, 0.717) is 58.3 Å². The van der Waals surface area contributed by atoms with Crippen molar-refractivity contribution in [3.8, 4) is 0 Å². The van der Waals surface area contributed by atoms with Crippen molar-refractivity contribution < 1.29 is 34.8 Å². The highest BCUT2D eigenvalue weighted by Crippen LogP contribution is 2.22. The van der Waals surface area contributed by atoms with Crippen LogP contribution in [0.4, 0.5) is 0 Å². The second-order valence-electron chi connectivity index (χ2n) is 10.1. The van der Waals surface area contributed by atoms with Gasteiger partial charge in [-0.25, -0.2) is 0 Å². The molecule has 1 saturated heterocycles. The molecule has 37 heavy (non-hydrogen) atoms. The van der Waals surface area contributed by atoms with Gasteiger partial charge in [0.05, 0.1) is 24.0 Å². The molecule has 0 spiro atoms. The molecule has 1 unspecified atom stereocenters. The van der Waals surface area contributed by atoms with Crippen LogP contribution in [0, 0.1) is 5.92 Å². The van der Waals surface area contributed by atoms with Crippen molar-refractivity contribution >= 4 is 17.9 Å². The van der Waals surface area contributed by atoms with Crippen LogP contribution in [-0.4, -0.2) is 140 Å². The summed E-state index contributed by atoms with van der Waals surface area (Å²) >= 11 is 0. The molecule has 0 aromatic rings. The number of aliphatic hydroxyl groups is 1. The minimum Gasteiger partial charge on any atom is -0.549 e. The number of carbonyl (C=O) groups excluding carboxylic acids is 3. The van der Waals surface area contributed by atoms with E-state index in [9.17, 15) is 34.8 Å². The Morgan fingerprint density at radius 2 is 1.08 bits per heavy atom. The van der Waals surface area contributed by atoms with Gasteiger partial charge < -0.3 is 40.1 Å². The average Bonchev–Trinajstić information content (AvgIpc) is 2.80. The summed E-state index contributed by atoms with van der Waals surface area (Å²) in [6.07, 6.45) is 5.64. The number of nitrogens with one attached hydrogen (secondary N) is 1. The van der Waals surface area contributed by atoms with Crippen LogP contribution in [0.25, 0.3) is 0 Å². The van der Waals surface area contributed by atoms with Crippen molar-refractivity contribution in [3.63, 3.8) is 0 Å². The highest BCUT2D eigenvalue weighted by molar-refractivity contribution is 5.67. The van der Waals surface area contributed by atoms with E-state index < -0.39 is 24.0 Å². The van der Waals surface area contributed by atoms with Gasteiger partial charge >= 0.3 is 0 Å². The van der Waals surface area contributed by atoms with Crippen molar-refractivity contribution in [2.75, 3.05) is 91.6 Å². The van der Waals surface area contributed by atoms with E-state index in [2.05, 4.69) is 5.32 Å². The van der Waals surface area contributed by atoms with Crippen LogP contribution in [-0.2, 0) is 14.4 Å². The molecule has 0 amide bonds. The summed E-state index contributed by atoms with van der Waals surface area (Å²) < 4.78 is 0. The maximum atomic E-state index is 11.3. The maximum absolute atomic E-state index is 11.3. The summed E-state index contributed by atoms with van der Waals surface area (Å²) in [5, 5.41) is 47.7. The molecule has 12 nitrogen and oxygen atoms in total. The highest BCUT2D eigenvalue weighted by Gasteiger charge is 2.19. The van der Waals surface area contributed by atoms with Gasteiger partial charge in [-0.1, -0.05) is 26.7 Å². The largest absolute Gasteiger partial charge is 0.549 e. The molecular formula is C25H46N5O7-3. The second kappa shape index (κ2) is 18.4. The summed E-state index contributed by atoms with van der Waals surface area (Å²) in [6.45, 7) is 3.70. The van der Waals surface area contributed by atoms with Crippen LogP contribution in [0.15, 0.2) is 0 Å². The molecule has 2 aliphatic rings. The first-order valence-electron chi connectivity index (χ1n) is 13.1. The van der Waals surface area contributed by atoms with Crippen molar-refractivity contribution in [2.45, 2.75) is 45.6 Å². The highest BCUT2D eigenvalue weighted by atomic mass is 16.4. The lowest BCUT2D eigenvalue weighted by Crippen LogP contribution is -2.52. The number of aliphatic hydroxyl groups excluding tert-OH is 1. The Kier molecular flexibility index (Phi) is 16.5. The summed E-state index contributed by atoms with van der Waals surface area (Å²) in [6, 6.07) is 0. The van der Waals surface area contributed by atoms with Crippen LogP contribution in [0.1, 0.15) is 39.5 Å². The molecule has 0 bridgehead atoms. The number of nitrogens with zero attached hydrogens (tertiary/aromatic N) is 4. The zero-order valence-corrected chi connectivity index (χ0v) is 21.3. The smallest absolute Gasteiger partial charge is 0.0791 e. The second-order valence-corrected chi connectivity index (χ2v) is 10.1. The standard InChI is InChI=1S/C24H45N5O7.CH4/c30-21(15-25-14-20-4-2-1-3-5-20)16-26-6-8-27(17-22(31)32)10-12-29(19-24(35)36)13-11-28(9-7-26)18-23(33)34;/h20-21,25,30H,1-19H2,(H,31,32)(H,33,34)(H,35,36);1H4/p-3. The van der Waals surface area contributed by atoms with Gasteiger partial charge in [-0.05, 0) is 25.3 Å². The lowest BCUT2D eigenvalue weighted by molar-refractivity contribution is -0.308. The van der Waals surface area contributed by atoms with Crippen molar-refractivity contribution in [2.24, 2.45) is 5.92 Å². The number of carbonyl (C=O) groups is 3. The SMILES string of the molecule is C.O=C([O-])CN1CCN(CC(=O)[O-])CCN(CC(O)CNCC2CCCCC2)CCN(CC(=O)[O-])CC1. The number of carboxylic acids is 3. The van der Waals surface area contributed by atoms with Crippen molar-refractivity contribution in [1.82, 2.24) is 24.9 Å². The third kappa shape index (κ3) is 15.2. The Hall–Kier alpha value is -1.83. The molecule has 0 aromatic heterocycles. The van der Waals surface area contributed by atoms with E-state index in [1.165, 1.54) is 32.1 Å². The summed E-state index contributed by atoms with van der Waals surface area (Å²) in [5.74, 6) is -3.03. The lowest BCUT2D eigenvalue weighted by atomic mass is 9.89. The van der Waals surface area contributed by atoms with Gasteiger partial charge in [0.1, 0.15) is 0 Å². The average molecular weight is 529 g/mol. The molecule has 1 saturated carbocycles. The molecule has 2 N–H and O–H groups in total. The summed E-state index contributed by atoms with van der Waals surface area (Å²) in [4.78, 5) is 40.7. The molecule has 1 aliphatic heterocycles. The molecule has 0 radical (unpaired) electrons. The Morgan fingerprint density at radius 3 is 1.46 bits per heavy atom. The van der Waals surface area contributed by atoms with Gasteiger partial charge in [0.2, 0.25) is 0 Å². The third-order valence-electron chi connectivity index (χ3n) is 6.99.